The number of nitrogens with zero attached hydrogens (tertiary/aromatic N) is 1. The number of phenolic OH excluding ortho intramolecular Hbond substituents is 1. The number of β-amino-alcohol motifs (C(OH)–C–C–N with tert-alkyl or cyclic N) is 1. The monoisotopic (exact) mass is 376 g/mol. The van der Waals surface area contributed by atoms with Gasteiger partial charge in [0.15, 0.2) is 0 Å². The Morgan fingerprint density at radius 3 is 2.95 bits per heavy atom. The minimum atomic E-state index is -0.543. The number of aliphatic imine (C=N–C) groups is 1. The van der Waals surface area contributed by atoms with Crippen LogP contribution < -0.4 is 31.8 Å². The van der Waals surface area contributed by atoms with E-state index in [1.807, 2.05) is 4.93 Å². The molecule has 1 aliphatic heterocycles. The number of benzene rings is 1. The summed E-state index contributed by atoms with van der Waals surface area (Å²) in [4.78, 5) is 17.7. The molecule has 104 valence electrons. The van der Waals surface area contributed by atoms with E-state index in [4.69, 9.17) is 0 Å². The normalized spacial score (nSPS) is 18.6. The van der Waals surface area contributed by atoms with Crippen LogP contribution in [-0.2, 0) is 0 Å². The van der Waals surface area contributed by atoms with Crippen LogP contribution in [0.3, 0.4) is 0 Å². The van der Waals surface area contributed by atoms with Crippen molar-refractivity contribution >= 4 is 15.4 Å². The Balaban J connectivity index is 2.16. The first kappa shape index (κ1) is 14.1. The molecular formula is C12H15IN3O3-. The summed E-state index contributed by atoms with van der Waals surface area (Å²) in [5.74, 6) is 0.572. The summed E-state index contributed by atoms with van der Waals surface area (Å²) >= 11 is -0.543. The third-order valence-electron chi connectivity index (χ3n) is 2.54. The van der Waals surface area contributed by atoms with Gasteiger partial charge in [-0.3, -0.25) is 0 Å². The van der Waals surface area contributed by atoms with Gasteiger partial charge in [0.2, 0.25) is 0 Å². The van der Waals surface area contributed by atoms with Crippen molar-refractivity contribution in [3.05, 3.63) is 23.8 Å². The number of aliphatic hydroxyl groups excluding tert-OH is 1. The Hall–Kier alpha value is -1.35. The molecule has 1 aliphatic rings. The van der Waals surface area contributed by atoms with Crippen LogP contribution in [0.4, 0.5) is 5.69 Å². The number of nitrogens with one attached hydrogen (secondary N) is 2. The molecule has 7 heteroatoms. The molecule has 0 aromatic heterocycles. The number of rotatable bonds is 3. The second kappa shape index (κ2) is 6.20. The summed E-state index contributed by atoms with van der Waals surface area (Å²) in [5, 5.41) is 24.9. The third kappa shape index (κ3) is 3.80. The second-order valence-electron chi connectivity index (χ2n) is 4.08. The number of aliphatic hydroxyl groups is 1. The molecule has 4 N–H and O–H groups in total. The van der Waals surface area contributed by atoms with Crippen molar-refractivity contribution in [2.45, 2.75) is 6.10 Å². The van der Waals surface area contributed by atoms with Crippen molar-refractivity contribution in [3.63, 3.8) is 0 Å². The van der Waals surface area contributed by atoms with Gasteiger partial charge < -0.3 is 0 Å². The number of carbonyl (C=O) groups excluding carboxylic acids is 1. The first-order valence-electron chi connectivity index (χ1n) is 5.69. The Kier molecular flexibility index (Phi) is 4.59. The first-order chi connectivity index (χ1) is 9.08. The molecule has 0 amide bonds. The number of anilines is 1. The number of hydrogen-bond donors (Lipinski definition) is 4. The van der Waals surface area contributed by atoms with Gasteiger partial charge in [0.25, 0.3) is 0 Å². The van der Waals surface area contributed by atoms with Crippen molar-refractivity contribution in [1.82, 2.24) is 5.32 Å². The number of carbonyl (C=O) groups is 1. The summed E-state index contributed by atoms with van der Waals surface area (Å²) in [6, 6.07) is 4.69. The van der Waals surface area contributed by atoms with E-state index in [1.54, 1.807) is 6.07 Å². The van der Waals surface area contributed by atoms with E-state index in [2.05, 4.69) is 15.6 Å². The molecule has 1 atom stereocenters. The average molecular weight is 376 g/mol. The van der Waals surface area contributed by atoms with E-state index in [-0.39, 0.29) is 9.54 Å². The van der Waals surface area contributed by atoms with Gasteiger partial charge in [0.1, 0.15) is 0 Å². The van der Waals surface area contributed by atoms with Crippen molar-refractivity contribution in [3.8, 4) is 5.75 Å². The predicted molar refractivity (Wildman–Crippen MR) is 68.3 cm³/mol. The number of alkyl halides is 1. The number of halogens is 1. The van der Waals surface area contributed by atoms with Crippen molar-refractivity contribution in [1.29, 1.82) is 0 Å². The van der Waals surface area contributed by atoms with Gasteiger partial charge in [0.05, 0.1) is 0 Å². The summed E-state index contributed by atoms with van der Waals surface area (Å²) in [6.45, 7) is 0.761. The summed E-state index contributed by atoms with van der Waals surface area (Å²) in [6.07, 6.45) is -0.475. The molecule has 6 nitrogen and oxygen atoms in total. The topological polar surface area (TPSA) is 94.0 Å². The van der Waals surface area contributed by atoms with E-state index in [0.717, 1.165) is 0 Å². The zero-order valence-electron chi connectivity index (χ0n) is 10.4. The molecule has 0 saturated heterocycles. The molecule has 2 rings (SSSR count). The fourth-order valence-corrected chi connectivity index (χ4v) is 2.59. The molecule has 0 saturated carbocycles. The molecule has 1 aromatic rings. The van der Waals surface area contributed by atoms with Crippen molar-refractivity contribution in [2.24, 2.45) is 4.99 Å². The molecule has 0 fully saturated rings. The summed E-state index contributed by atoms with van der Waals surface area (Å²) in [5.41, 5.74) is 1.11. The maximum atomic E-state index is 11.7. The summed E-state index contributed by atoms with van der Waals surface area (Å²) in [7, 11) is 0. The minimum absolute atomic E-state index is 0.0438. The molecule has 1 heterocycles. The van der Waals surface area contributed by atoms with Gasteiger partial charge in [-0.1, -0.05) is 0 Å². The number of aromatic hydroxyl groups is 1. The van der Waals surface area contributed by atoms with Gasteiger partial charge in [-0.25, -0.2) is 0 Å². The van der Waals surface area contributed by atoms with Gasteiger partial charge in [-0.2, -0.15) is 0 Å². The molecule has 0 radical (unpaired) electrons. The van der Waals surface area contributed by atoms with Gasteiger partial charge in [-0.05, 0) is 0 Å². The third-order valence-corrected chi connectivity index (χ3v) is 4.15. The Morgan fingerprint density at radius 2 is 2.32 bits per heavy atom. The fraction of sp³-hybridized carbons (Fsp3) is 0.333. The number of hydrogen-bond acceptors (Lipinski definition) is 6. The zero-order valence-corrected chi connectivity index (χ0v) is 12.5. The molecule has 1 unspecified atom stereocenters. The van der Waals surface area contributed by atoms with Crippen LogP contribution in [0.2, 0.25) is 0 Å². The molecule has 0 spiro atoms. The Bertz CT molecular complexity index is 519. The standard InChI is InChI=1S/C12H15IN3O3/c1-13-11(19)7-2-8(4-9(17)3-7)16-12-14-5-10(18)6-15-12/h2-4,10,17-18H,5-6H2,1H3,(H2,14,15,16)/q-1. The molecular weight excluding hydrogens is 361 g/mol. The van der Waals surface area contributed by atoms with Gasteiger partial charge in [-0.15, -0.1) is 0 Å². The van der Waals surface area contributed by atoms with E-state index in [1.165, 1.54) is 12.1 Å². The van der Waals surface area contributed by atoms with Crippen LogP contribution in [0.25, 0.3) is 0 Å². The van der Waals surface area contributed by atoms with Crippen LogP contribution in [-0.4, -0.2) is 44.1 Å². The van der Waals surface area contributed by atoms with Crippen LogP contribution in [0.15, 0.2) is 23.2 Å². The molecule has 1 aromatic carbocycles. The fourth-order valence-electron chi connectivity index (χ4n) is 1.66. The van der Waals surface area contributed by atoms with E-state index in [9.17, 15) is 15.0 Å². The van der Waals surface area contributed by atoms with Crippen LogP contribution in [0.5, 0.6) is 5.75 Å². The van der Waals surface area contributed by atoms with Crippen LogP contribution in [0.1, 0.15) is 10.4 Å². The van der Waals surface area contributed by atoms with Gasteiger partial charge in [0, 0.05) is 0 Å². The van der Waals surface area contributed by atoms with E-state index in [0.29, 0.717) is 30.3 Å². The van der Waals surface area contributed by atoms with E-state index >= 15 is 0 Å². The first-order valence-corrected chi connectivity index (χ1v) is 8.93. The van der Waals surface area contributed by atoms with Crippen LogP contribution in [0, 0.1) is 0 Å². The average Bonchev–Trinajstić information content (AvgIpc) is 2.40. The summed E-state index contributed by atoms with van der Waals surface area (Å²) < 4.78 is 0.0757. The second-order valence-corrected chi connectivity index (χ2v) is 6.14. The van der Waals surface area contributed by atoms with Crippen LogP contribution >= 0.6 is 0 Å². The molecule has 0 aliphatic carbocycles. The Labute approximate surface area is 121 Å². The SMILES string of the molecule is C[I-]C(=O)c1cc(O)cc(NC2=NCC(O)CN2)c1. The van der Waals surface area contributed by atoms with Gasteiger partial charge >= 0.3 is 121 Å². The maximum absolute atomic E-state index is 11.7. The van der Waals surface area contributed by atoms with Crippen molar-refractivity contribution in [2.75, 3.05) is 23.3 Å². The number of guanidine groups is 1. The quantitative estimate of drug-likeness (QED) is 0.256. The molecule has 0 bridgehead atoms. The van der Waals surface area contributed by atoms with E-state index < -0.39 is 27.3 Å². The number of phenols is 1. The zero-order chi connectivity index (χ0) is 13.8. The Morgan fingerprint density at radius 1 is 1.53 bits per heavy atom. The predicted octanol–water partition coefficient (Wildman–Crippen LogP) is -3.02. The van der Waals surface area contributed by atoms with Crippen molar-refractivity contribution < 1.29 is 36.2 Å². The molecule has 19 heavy (non-hydrogen) atoms.